The Hall–Kier alpha value is -1.24. The molecule has 0 amide bonds. The lowest BCUT2D eigenvalue weighted by Crippen LogP contribution is -2.30. The van der Waals surface area contributed by atoms with Crippen LogP contribution < -0.4 is 0 Å². The zero-order valence-electron chi connectivity index (χ0n) is 12.2. The molecular weight excluding hydrogens is 230 g/mol. The number of aryl methyl sites for hydroxylation is 1. The minimum Gasteiger partial charge on any atom is -0.347 e. The van der Waals surface area contributed by atoms with Crippen molar-refractivity contribution >= 4 is 10.9 Å². The van der Waals surface area contributed by atoms with E-state index >= 15 is 0 Å². The van der Waals surface area contributed by atoms with Crippen molar-refractivity contribution in [3.05, 3.63) is 35.5 Å². The largest absolute Gasteiger partial charge is 0.347 e. The molecule has 0 unspecified atom stereocenters. The van der Waals surface area contributed by atoms with E-state index in [-0.39, 0.29) is 0 Å². The SMILES string of the molecule is Cn1c2c(c3ccccc31)[C@@H]1CCCC[C@@H]1C2(C)C. The maximum Gasteiger partial charge on any atom is 0.0483 e. The molecule has 2 aliphatic rings. The van der Waals surface area contributed by atoms with Gasteiger partial charge in [-0.25, -0.2) is 0 Å². The van der Waals surface area contributed by atoms with Gasteiger partial charge in [0.25, 0.3) is 0 Å². The van der Waals surface area contributed by atoms with Gasteiger partial charge in [0.05, 0.1) is 0 Å². The van der Waals surface area contributed by atoms with Crippen LogP contribution in [0.25, 0.3) is 10.9 Å². The molecule has 2 aliphatic carbocycles. The normalized spacial score (nSPS) is 28.4. The van der Waals surface area contributed by atoms with Crippen LogP contribution in [-0.2, 0) is 12.5 Å². The van der Waals surface area contributed by atoms with Crippen molar-refractivity contribution in [1.29, 1.82) is 0 Å². The van der Waals surface area contributed by atoms with E-state index in [9.17, 15) is 0 Å². The summed E-state index contributed by atoms with van der Waals surface area (Å²) in [5, 5.41) is 1.52. The molecule has 0 radical (unpaired) electrons. The van der Waals surface area contributed by atoms with Crippen molar-refractivity contribution in [1.82, 2.24) is 4.57 Å². The van der Waals surface area contributed by atoms with Crippen molar-refractivity contribution in [2.45, 2.75) is 50.9 Å². The third kappa shape index (κ3) is 1.31. The van der Waals surface area contributed by atoms with E-state index in [1.54, 1.807) is 11.3 Å². The number of hydrogen-bond donors (Lipinski definition) is 0. The van der Waals surface area contributed by atoms with E-state index < -0.39 is 0 Å². The lowest BCUT2D eigenvalue weighted by Gasteiger charge is -2.35. The Morgan fingerprint density at radius 3 is 2.68 bits per heavy atom. The topological polar surface area (TPSA) is 4.93 Å². The van der Waals surface area contributed by atoms with E-state index in [1.165, 1.54) is 36.6 Å². The predicted octanol–water partition coefficient (Wildman–Crippen LogP) is 4.74. The second-order valence-corrected chi connectivity index (χ2v) is 7.06. The number of aromatic nitrogens is 1. The van der Waals surface area contributed by atoms with Gasteiger partial charge in [-0.1, -0.05) is 44.9 Å². The summed E-state index contributed by atoms with van der Waals surface area (Å²) in [6.45, 7) is 4.95. The van der Waals surface area contributed by atoms with Gasteiger partial charge in [-0.2, -0.15) is 0 Å². The zero-order valence-corrected chi connectivity index (χ0v) is 12.2. The Kier molecular flexibility index (Phi) is 2.23. The van der Waals surface area contributed by atoms with Gasteiger partial charge in [-0.15, -0.1) is 0 Å². The Morgan fingerprint density at radius 2 is 1.84 bits per heavy atom. The Morgan fingerprint density at radius 1 is 1.11 bits per heavy atom. The van der Waals surface area contributed by atoms with E-state index in [0.29, 0.717) is 5.41 Å². The molecule has 1 aromatic heterocycles. The average Bonchev–Trinajstić information content (AvgIpc) is 2.85. The first kappa shape index (κ1) is 11.6. The summed E-state index contributed by atoms with van der Waals surface area (Å²) in [6.07, 6.45) is 5.66. The highest BCUT2D eigenvalue weighted by Gasteiger charge is 2.49. The molecule has 1 heteroatoms. The van der Waals surface area contributed by atoms with Crippen LogP contribution in [0.2, 0.25) is 0 Å². The van der Waals surface area contributed by atoms with Crippen molar-refractivity contribution < 1.29 is 0 Å². The van der Waals surface area contributed by atoms with Crippen LogP contribution in [0, 0.1) is 5.92 Å². The highest BCUT2D eigenvalue weighted by atomic mass is 15.0. The molecule has 100 valence electrons. The van der Waals surface area contributed by atoms with E-state index in [1.807, 2.05) is 0 Å². The molecule has 0 N–H and O–H groups in total. The summed E-state index contributed by atoms with van der Waals surface area (Å²) in [4.78, 5) is 0. The van der Waals surface area contributed by atoms with Crippen molar-refractivity contribution in [3.63, 3.8) is 0 Å². The molecule has 0 spiro atoms. The van der Waals surface area contributed by atoms with Crippen LogP contribution in [0.1, 0.15) is 56.7 Å². The summed E-state index contributed by atoms with van der Waals surface area (Å²) in [5.41, 5.74) is 5.07. The first-order valence-corrected chi connectivity index (χ1v) is 7.70. The highest BCUT2D eigenvalue weighted by molar-refractivity contribution is 5.87. The van der Waals surface area contributed by atoms with Crippen LogP contribution in [0.5, 0.6) is 0 Å². The Bertz CT molecular complexity index is 647. The summed E-state index contributed by atoms with van der Waals surface area (Å²) in [6, 6.07) is 8.98. The monoisotopic (exact) mass is 253 g/mol. The van der Waals surface area contributed by atoms with Gasteiger partial charge in [0.15, 0.2) is 0 Å². The van der Waals surface area contributed by atoms with E-state index in [0.717, 1.165) is 11.8 Å². The quantitative estimate of drug-likeness (QED) is 0.639. The second kappa shape index (κ2) is 3.65. The van der Waals surface area contributed by atoms with Crippen LogP contribution in [0.15, 0.2) is 24.3 Å². The lowest BCUT2D eigenvalue weighted by atomic mass is 9.70. The smallest absolute Gasteiger partial charge is 0.0483 e. The standard InChI is InChI=1S/C18H23N/c1-18(2)14-10-6-4-8-12(14)16-13-9-5-7-11-15(13)19(3)17(16)18/h5,7,9,11-12,14H,4,6,8,10H2,1-3H3/t12-,14+/m1/s1. The number of benzene rings is 1. The molecule has 0 saturated heterocycles. The molecule has 4 rings (SSSR count). The maximum atomic E-state index is 2.48. The van der Waals surface area contributed by atoms with Gasteiger partial charge in [0.2, 0.25) is 0 Å². The first-order valence-electron chi connectivity index (χ1n) is 7.70. The number of hydrogen-bond acceptors (Lipinski definition) is 0. The molecular formula is C18H23N. The molecule has 0 aliphatic heterocycles. The number of rotatable bonds is 0. The number of nitrogens with zero attached hydrogens (tertiary/aromatic N) is 1. The number of fused-ring (bicyclic) bond motifs is 5. The van der Waals surface area contributed by atoms with Gasteiger partial charge >= 0.3 is 0 Å². The molecule has 19 heavy (non-hydrogen) atoms. The van der Waals surface area contributed by atoms with E-state index in [2.05, 4.69) is 49.7 Å². The molecule has 1 aromatic carbocycles. The minimum atomic E-state index is 0.341. The predicted molar refractivity (Wildman–Crippen MR) is 80.6 cm³/mol. The van der Waals surface area contributed by atoms with Gasteiger partial charge in [0.1, 0.15) is 0 Å². The van der Waals surface area contributed by atoms with Gasteiger partial charge < -0.3 is 4.57 Å². The van der Waals surface area contributed by atoms with E-state index in [4.69, 9.17) is 0 Å². The Labute approximate surface area is 115 Å². The third-order valence-electron chi connectivity index (χ3n) is 5.82. The van der Waals surface area contributed by atoms with Gasteiger partial charge in [-0.05, 0) is 36.3 Å². The fourth-order valence-electron chi connectivity index (χ4n) is 5.09. The summed E-state index contributed by atoms with van der Waals surface area (Å²) in [7, 11) is 2.26. The van der Waals surface area contributed by atoms with Crippen molar-refractivity contribution in [3.8, 4) is 0 Å². The third-order valence-corrected chi connectivity index (χ3v) is 5.82. The second-order valence-electron chi connectivity index (χ2n) is 7.06. The molecule has 1 saturated carbocycles. The summed E-state index contributed by atoms with van der Waals surface area (Å²) < 4.78 is 2.48. The molecule has 2 atom stereocenters. The molecule has 1 nitrogen and oxygen atoms in total. The minimum absolute atomic E-state index is 0.341. The summed E-state index contributed by atoms with van der Waals surface area (Å²) in [5.74, 6) is 1.67. The molecule has 1 fully saturated rings. The lowest BCUT2D eigenvalue weighted by molar-refractivity contribution is 0.228. The fourth-order valence-corrected chi connectivity index (χ4v) is 5.09. The van der Waals surface area contributed by atoms with Crippen molar-refractivity contribution in [2.24, 2.45) is 13.0 Å². The highest BCUT2D eigenvalue weighted by Crippen LogP contribution is 2.58. The first-order chi connectivity index (χ1) is 9.12. The van der Waals surface area contributed by atoms with Crippen LogP contribution >= 0.6 is 0 Å². The van der Waals surface area contributed by atoms with Crippen molar-refractivity contribution in [2.75, 3.05) is 0 Å². The number of para-hydroxylation sites is 1. The van der Waals surface area contributed by atoms with Gasteiger partial charge in [0, 0.05) is 29.1 Å². The zero-order chi connectivity index (χ0) is 13.2. The van der Waals surface area contributed by atoms with Gasteiger partial charge in [-0.3, -0.25) is 0 Å². The van der Waals surface area contributed by atoms with Crippen LogP contribution in [0.4, 0.5) is 0 Å². The molecule has 2 aromatic rings. The average molecular weight is 253 g/mol. The fraction of sp³-hybridized carbons (Fsp3) is 0.556. The van der Waals surface area contributed by atoms with Crippen LogP contribution in [-0.4, -0.2) is 4.57 Å². The maximum absolute atomic E-state index is 2.48. The summed E-state index contributed by atoms with van der Waals surface area (Å²) >= 11 is 0. The molecule has 1 heterocycles. The Balaban J connectivity index is 2.06. The molecule has 0 bridgehead atoms. The van der Waals surface area contributed by atoms with Crippen LogP contribution in [0.3, 0.4) is 0 Å².